The zero-order valence-corrected chi connectivity index (χ0v) is 11.1. The first-order valence-corrected chi connectivity index (χ1v) is 6.76. The van der Waals surface area contributed by atoms with Gasteiger partial charge in [-0.1, -0.05) is 6.07 Å². The fraction of sp³-hybridized carbons (Fsp3) is 0.286. The summed E-state index contributed by atoms with van der Waals surface area (Å²) in [5.74, 6) is 0.934. The Kier molecular flexibility index (Phi) is 3.25. The van der Waals surface area contributed by atoms with Gasteiger partial charge in [-0.3, -0.25) is 4.79 Å². The summed E-state index contributed by atoms with van der Waals surface area (Å²) in [6, 6.07) is 7.89. The summed E-state index contributed by atoms with van der Waals surface area (Å²) in [7, 11) is 0. The number of halogens is 1. The molecule has 1 atom stereocenters. The Morgan fingerprint density at radius 3 is 2.89 bits per heavy atom. The average molecular weight is 276 g/mol. The van der Waals surface area contributed by atoms with E-state index in [1.165, 1.54) is 0 Å². The fourth-order valence-corrected chi connectivity index (χ4v) is 2.57. The number of carbonyl (C=O) groups is 1. The molecule has 1 unspecified atom stereocenters. The number of carbonyl (C=O) groups excluding carboxylic acids is 1. The molecule has 1 amide bonds. The van der Waals surface area contributed by atoms with Gasteiger partial charge < -0.3 is 9.47 Å². The van der Waals surface area contributed by atoms with Crippen LogP contribution in [0.25, 0.3) is 5.69 Å². The van der Waals surface area contributed by atoms with Crippen LogP contribution in [0.5, 0.6) is 0 Å². The lowest BCUT2D eigenvalue weighted by molar-refractivity contribution is -0.117. The molecule has 1 aromatic carbocycles. The van der Waals surface area contributed by atoms with E-state index >= 15 is 0 Å². The van der Waals surface area contributed by atoms with Crippen molar-refractivity contribution in [1.29, 1.82) is 0 Å². The van der Waals surface area contributed by atoms with E-state index in [2.05, 4.69) is 4.98 Å². The zero-order chi connectivity index (χ0) is 13.2. The normalized spacial score (nSPS) is 19.1. The van der Waals surface area contributed by atoms with Crippen molar-refractivity contribution in [2.24, 2.45) is 5.92 Å². The predicted octanol–water partition coefficient (Wildman–Crippen LogP) is 2.46. The molecule has 1 aliphatic heterocycles. The van der Waals surface area contributed by atoms with E-state index in [1.807, 2.05) is 39.9 Å². The highest BCUT2D eigenvalue weighted by molar-refractivity contribution is 6.18. The minimum Gasteiger partial charge on any atom is -0.312 e. The van der Waals surface area contributed by atoms with Gasteiger partial charge in [-0.05, 0) is 24.1 Å². The lowest BCUT2D eigenvalue weighted by atomic mass is 10.1. The van der Waals surface area contributed by atoms with Gasteiger partial charge in [-0.2, -0.15) is 0 Å². The Labute approximate surface area is 116 Å². The summed E-state index contributed by atoms with van der Waals surface area (Å²) in [5, 5.41) is 0. The molecule has 4 nitrogen and oxygen atoms in total. The van der Waals surface area contributed by atoms with Crippen molar-refractivity contribution in [1.82, 2.24) is 9.55 Å². The summed E-state index contributed by atoms with van der Waals surface area (Å²) in [5.41, 5.74) is 1.92. The van der Waals surface area contributed by atoms with Crippen LogP contribution in [0.2, 0.25) is 0 Å². The van der Waals surface area contributed by atoms with Crippen LogP contribution in [0.3, 0.4) is 0 Å². The van der Waals surface area contributed by atoms with Crippen molar-refractivity contribution < 1.29 is 4.79 Å². The Hall–Kier alpha value is -1.81. The van der Waals surface area contributed by atoms with Crippen LogP contribution < -0.4 is 4.90 Å². The van der Waals surface area contributed by atoms with Crippen LogP contribution in [0.15, 0.2) is 43.0 Å². The molecule has 0 bridgehead atoms. The Morgan fingerprint density at radius 2 is 2.21 bits per heavy atom. The van der Waals surface area contributed by atoms with E-state index in [0.717, 1.165) is 11.4 Å². The number of anilines is 1. The van der Waals surface area contributed by atoms with Gasteiger partial charge in [0.25, 0.3) is 0 Å². The summed E-state index contributed by atoms with van der Waals surface area (Å²) < 4.78 is 1.92. The highest BCUT2D eigenvalue weighted by Gasteiger charge is 2.29. The largest absolute Gasteiger partial charge is 0.312 e. The molecule has 5 heteroatoms. The lowest BCUT2D eigenvalue weighted by Crippen LogP contribution is -2.24. The lowest BCUT2D eigenvalue weighted by Gasteiger charge is -2.17. The number of amides is 1. The third-order valence-electron chi connectivity index (χ3n) is 3.37. The number of imidazole rings is 1. The van der Waals surface area contributed by atoms with E-state index in [9.17, 15) is 4.79 Å². The first kappa shape index (κ1) is 12.2. The SMILES string of the molecule is O=C1CC(CCl)CN1c1cccc(-n2ccnc2)c1. The second-order valence-corrected chi connectivity index (χ2v) is 5.03. The molecule has 1 aromatic heterocycles. The van der Waals surface area contributed by atoms with Crippen LogP contribution in [-0.2, 0) is 4.79 Å². The molecule has 98 valence electrons. The van der Waals surface area contributed by atoms with Crippen molar-refractivity contribution in [2.75, 3.05) is 17.3 Å². The Balaban J connectivity index is 1.90. The third-order valence-corrected chi connectivity index (χ3v) is 3.80. The van der Waals surface area contributed by atoms with Crippen LogP contribution in [0.1, 0.15) is 6.42 Å². The van der Waals surface area contributed by atoms with Gasteiger partial charge in [0.2, 0.25) is 5.91 Å². The zero-order valence-electron chi connectivity index (χ0n) is 10.4. The molecular weight excluding hydrogens is 262 g/mol. The predicted molar refractivity (Wildman–Crippen MR) is 74.7 cm³/mol. The van der Waals surface area contributed by atoms with Crippen LogP contribution in [0, 0.1) is 5.92 Å². The first-order valence-electron chi connectivity index (χ1n) is 6.22. The first-order chi connectivity index (χ1) is 9.28. The van der Waals surface area contributed by atoms with Gasteiger partial charge in [0.05, 0.1) is 6.33 Å². The maximum Gasteiger partial charge on any atom is 0.227 e. The Morgan fingerprint density at radius 1 is 1.37 bits per heavy atom. The van der Waals surface area contributed by atoms with Crippen molar-refractivity contribution >= 4 is 23.2 Å². The number of hydrogen-bond acceptors (Lipinski definition) is 2. The molecule has 2 heterocycles. The maximum atomic E-state index is 12.0. The summed E-state index contributed by atoms with van der Waals surface area (Å²) in [6.45, 7) is 0.704. The maximum absolute atomic E-state index is 12.0. The molecule has 1 aliphatic rings. The van der Waals surface area contributed by atoms with Crippen LogP contribution >= 0.6 is 11.6 Å². The molecule has 1 fully saturated rings. The highest BCUT2D eigenvalue weighted by atomic mass is 35.5. The molecular formula is C14H14ClN3O. The van der Waals surface area contributed by atoms with Crippen LogP contribution in [-0.4, -0.2) is 27.9 Å². The number of rotatable bonds is 3. The van der Waals surface area contributed by atoms with Crippen LogP contribution in [0.4, 0.5) is 5.69 Å². The standard InChI is InChI=1S/C14H14ClN3O/c15-8-11-6-14(19)18(9-11)13-3-1-2-12(7-13)17-5-4-16-10-17/h1-5,7,10-11H,6,8-9H2. The molecule has 0 spiro atoms. The van der Waals surface area contributed by atoms with Gasteiger partial charge >= 0.3 is 0 Å². The molecule has 0 aliphatic carbocycles. The molecule has 0 radical (unpaired) electrons. The van der Waals surface area contributed by atoms with Gasteiger partial charge in [-0.25, -0.2) is 4.98 Å². The number of hydrogen-bond donors (Lipinski definition) is 0. The van der Waals surface area contributed by atoms with E-state index in [4.69, 9.17) is 11.6 Å². The van der Waals surface area contributed by atoms with Crippen molar-refractivity contribution in [2.45, 2.75) is 6.42 Å². The van der Waals surface area contributed by atoms with Crippen molar-refractivity contribution in [3.05, 3.63) is 43.0 Å². The number of alkyl halides is 1. The molecule has 0 N–H and O–H groups in total. The number of aromatic nitrogens is 2. The highest BCUT2D eigenvalue weighted by Crippen LogP contribution is 2.27. The minimum atomic E-state index is 0.147. The van der Waals surface area contributed by atoms with Crippen molar-refractivity contribution in [3.8, 4) is 5.69 Å². The summed E-state index contributed by atoms with van der Waals surface area (Å²) in [4.78, 5) is 17.8. The smallest absolute Gasteiger partial charge is 0.227 e. The van der Waals surface area contributed by atoms with Gasteiger partial charge in [0.1, 0.15) is 0 Å². The van der Waals surface area contributed by atoms with E-state index in [-0.39, 0.29) is 11.8 Å². The van der Waals surface area contributed by atoms with E-state index in [0.29, 0.717) is 18.8 Å². The second kappa shape index (κ2) is 5.05. The number of benzene rings is 1. The minimum absolute atomic E-state index is 0.147. The van der Waals surface area contributed by atoms with Gasteiger partial charge in [0.15, 0.2) is 0 Å². The second-order valence-electron chi connectivity index (χ2n) is 4.72. The third kappa shape index (κ3) is 2.36. The fourth-order valence-electron chi connectivity index (χ4n) is 2.37. The molecule has 2 aromatic rings. The molecule has 0 saturated carbocycles. The Bertz CT molecular complexity index is 582. The molecule has 3 rings (SSSR count). The quantitative estimate of drug-likeness (QED) is 0.807. The monoisotopic (exact) mass is 275 g/mol. The van der Waals surface area contributed by atoms with E-state index in [1.54, 1.807) is 12.5 Å². The summed E-state index contributed by atoms with van der Waals surface area (Å²) >= 11 is 5.85. The van der Waals surface area contributed by atoms with Crippen molar-refractivity contribution in [3.63, 3.8) is 0 Å². The average Bonchev–Trinajstić information content (AvgIpc) is 3.08. The molecule has 19 heavy (non-hydrogen) atoms. The topological polar surface area (TPSA) is 38.1 Å². The summed E-state index contributed by atoms with van der Waals surface area (Å²) in [6.07, 6.45) is 5.90. The van der Waals surface area contributed by atoms with Gasteiger partial charge in [-0.15, -0.1) is 11.6 Å². The van der Waals surface area contributed by atoms with E-state index < -0.39 is 0 Å². The number of nitrogens with zero attached hydrogens (tertiary/aromatic N) is 3. The van der Waals surface area contributed by atoms with Gasteiger partial charge in [0, 0.05) is 42.6 Å². The molecule has 1 saturated heterocycles.